The van der Waals surface area contributed by atoms with E-state index >= 15 is 0 Å². The molecule has 2 N–H and O–H groups in total. The van der Waals surface area contributed by atoms with Gasteiger partial charge in [-0.3, -0.25) is 9.59 Å². The summed E-state index contributed by atoms with van der Waals surface area (Å²) < 4.78 is 30.8. The fourth-order valence-electron chi connectivity index (χ4n) is 2.81. The molecule has 2 rings (SSSR count). The van der Waals surface area contributed by atoms with Gasteiger partial charge in [-0.25, -0.2) is 17.5 Å². The topological polar surface area (TPSA) is 122 Å². The molecule has 2 amide bonds. The van der Waals surface area contributed by atoms with Crippen molar-refractivity contribution in [3.63, 3.8) is 0 Å². The van der Waals surface area contributed by atoms with E-state index in [9.17, 15) is 22.8 Å². The number of hydrogen-bond acceptors (Lipinski definition) is 6. The normalized spacial score (nSPS) is 12.2. The Labute approximate surface area is 198 Å². The molecule has 0 aliphatic carbocycles. The van der Waals surface area contributed by atoms with Crippen LogP contribution < -0.4 is 10.6 Å². The smallest absolute Gasteiger partial charge is 0.338 e. The Bertz CT molecular complexity index is 1160. The molecule has 0 aliphatic heterocycles. The SMILES string of the molecule is Cc1cccc(C)c1NC(=O)CNC(=O)C(C)OC(=O)c1ccc(Cl)c(S(=O)(=O)N(C)C)c1. The number of nitrogens with one attached hydrogen (secondary N) is 2. The van der Waals surface area contributed by atoms with Gasteiger partial charge in [-0.2, -0.15) is 0 Å². The highest BCUT2D eigenvalue weighted by molar-refractivity contribution is 7.89. The Balaban J connectivity index is 1.99. The van der Waals surface area contributed by atoms with Crippen molar-refractivity contribution in [1.82, 2.24) is 9.62 Å². The van der Waals surface area contributed by atoms with Gasteiger partial charge in [0.1, 0.15) is 4.90 Å². The van der Waals surface area contributed by atoms with Gasteiger partial charge in [0.25, 0.3) is 5.91 Å². The zero-order valence-electron chi connectivity index (χ0n) is 18.9. The van der Waals surface area contributed by atoms with Crippen LogP contribution in [-0.4, -0.2) is 57.3 Å². The number of benzene rings is 2. The lowest BCUT2D eigenvalue weighted by Gasteiger charge is -2.16. The van der Waals surface area contributed by atoms with Crippen LogP contribution in [-0.2, 0) is 24.3 Å². The molecular formula is C22H26ClN3O6S. The molecule has 0 aromatic heterocycles. The first-order valence-corrected chi connectivity index (χ1v) is 11.7. The average molecular weight is 496 g/mol. The number of esters is 1. The van der Waals surface area contributed by atoms with Crippen molar-refractivity contribution >= 4 is 45.1 Å². The lowest BCUT2D eigenvalue weighted by atomic mass is 10.1. The summed E-state index contributed by atoms with van der Waals surface area (Å²) >= 11 is 5.97. The average Bonchev–Trinajstić information content (AvgIpc) is 2.74. The minimum atomic E-state index is -3.89. The largest absolute Gasteiger partial charge is 0.449 e. The summed E-state index contributed by atoms with van der Waals surface area (Å²) in [7, 11) is -1.22. The van der Waals surface area contributed by atoms with E-state index in [-0.39, 0.29) is 22.0 Å². The van der Waals surface area contributed by atoms with Gasteiger partial charge < -0.3 is 15.4 Å². The minimum absolute atomic E-state index is 0.0547. The highest BCUT2D eigenvalue weighted by Crippen LogP contribution is 2.25. The number of amides is 2. The molecule has 33 heavy (non-hydrogen) atoms. The van der Waals surface area contributed by atoms with Crippen LogP contribution in [0.3, 0.4) is 0 Å². The Morgan fingerprint density at radius 1 is 1.09 bits per heavy atom. The molecule has 1 atom stereocenters. The summed E-state index contributed by atoms with van der Waals surface area (Å²) in [5.74, 6) is -2.03. The van der Waals surface area contributed by atoms with Crippen molar-refractivity contribution < 1.29 is 27.5 Å². The van der Waals surface area contributed by atoms with Crippen LogP contribution in [0.25, 0.3) is 0 Å². The van der Waals surface area contributed by atoms with E-state index in [2.05, 4.69) is 10.6 Å². The first-order chi connectivity index (χ1) is 15.3. The van der Waals surface area contributed by atoms with Crippen LogP contribution in [0.4, 0.5) is 5.69 Å². The summed E-state index contributed by atoms with van der Waals surface area (Å²) in [6.07, 6.45) is -1.23. The van der Waals surface area contributed by atoms with Gasteiger partial charge in [-0.15, -0.1) is 0 Å². The number of aryl methyl sites for hydroxylation is 2. The second-order valence-corrected chi connectivity index (χ2v) is 10.0. The van der Waals surface area contributed by atoms with E-state index in [0.717, 1.165) is 21.5 Å². The van der Waals surface area contributed by atoms with Gasteiger partial charge in [0.05, 0.1) is 17.1 Å². The number of carbonyl (C=O) groups excluding carboxylic acids is 3. The number of rotatable bonds is 8. The molecule has 0 aliphatic rings. The molecule has 9 nitrogen and oxygen atoms in total. The van der Waals surface area contributed by atoms with E-state index in [1.165, 1.54) is 33.2 Å². The second-order valence-electron chi connectivity index (χ2n) is 7.51. The quantitative estimate of drug-likeness (QED) is 0.542. The zero-order chi connectivity index (χ0) is 24.9. The number of nitrogens with zero attached hydrogens (tertiary/aromatic N) is 1. The number of ether oxygens (including phenoxy) is 1. The molecule has 1 unspecified atom stereocenters. The molecule has 2 aromatic rings. The monoisotopic (exact) mass is 495 g/mol. The van der Waals surface area contributed by atoms with Crippen LogP contribution in [0.5, 0.6) is 0 Å². The Hall–Kier alpha value is -2.95. The Morgan fingerprint density at radius 2 is 1.70 bits per heavy atom. The summed E-state index contributed by atoms with van der Waals surface area (Å²) in [6, 6.07) is 9.22. The summed E-state index contributed by atoms with van der Waals surface area (Å²) in [5, 5.41) is 5.09. The van der Waals surface area contributed by atoms with Gasteiger partial charge in [-0.1, -0.05) is 29.8 Å². The van der Waals surface area contributed by atoms with Crippen LogP contribution in [0.1, 0.15) is 28.4 Å². The van der Waals surface area contributed by atoms with E-state index < -0.39 is 33.9 Å². The minimum Gasteiger partial charge on any atom is -0.449 e. The maximum Gasteiger partial charge on any atom is 0.338 e. The molecule has 0 spiro atoms. The molecule has 0 fully saturated rings. The van der Waals surface area contributed by atoms with E-state index in [0.29, 0.717) is 5.69 Å². The number of carbonyl (C=O) groups is 3. The third-order valence-electron chi connectivity index (χ3n) is 4.75. The summed E-state index contributed by atoms with van der Waals surface area (Å²) in [5.41, 5.74) is 2.35. The molecule has 11 heteroatoms. The maximum atomic E-state index is 12.4. The van der Waals surface area contributed by atoms with Crippen LogP contribution >= 0.6 is 11.6 Å². The third kappa shape index (κ3) is 6.53. The van der Waals surface area contributed by atoms with E-state index in [1.54, 1.807) is 0 Å². The zero-order valence-corrected chi connectivity index (χ0v) is 20.5. The first kappa shape index (κ1) is 26.3. The van der Waals surface area contributed by atoms with Crippen molar-refractivity contribution in [3.05, 3.63) is 58.1 Å². The van der Waals surface area contributed by atoms with Crippen molar-refractivity contribution in [2.45, 2.75) is 31.8 Å². The molecule has 0 saturated carbocycles. The second kappa shape index (κ2) is 10.8. The van der Waals surface area contributed by atoms with Gasteiger partial charge in [0, 0.05) is 19.8 Å². The molecule has 0 saturated heterocycles. The van der Waals surface area contributed by atoms with Crippen molar-refractivity contribution in [1.29, 1.82) is 0 Å². The Morgan fingerprint density at radius 3 is 2.27 bits per heavy atom. The van der Waals surface area contributed by atoms with E-state index in [4.69, 9.17) is 16.3 Å². The van der Waals surface area contributed by atoms with Crippen LogP contribution in [0.15, 0.2) is 41.3 Å². The molecule has 2 aromatic carbocycles. The van der Waals surface area contributed by atoms with Crippen molar-refractivity contribution in [2.75, 3.05) is 26.0 Å². The number of hydrogen-bond donors (Lipinski definition) is 2. The molecule has 0 heterocycles. The van der Waals surface area contributed by atoms with Gasteiger partial charge in [0.2, 0.25) is 15.9 Å². The number of sulfonamides is 1. The molecule has 0 bridgehead atoms. The van der Waals surface area contributed by atoms with Crippen molar-refractivity contribution in [3.8, 4) is 0 Å². The Kier molecular flexibility index (Phi) is 8.59. The fraction of sp³-hybridized carbons (Fsp3) is 0.318. The maximum absolute atomic E-state index is 12.4. The third-order valence-corrected chi connectivity index (χ3v) is 7.04. The number of anilines is 1. The predicted molar refractivity (Wildman–Crippen MR) is 125 cm³/mol. The van der Waals surface area contributed by atoms with Crippen LogP contribution in [0, 0.1) is 13.8 Å². The molecule has 0 radical (unpaired) electrons. The van der Waals surface area contributed by atoms with Crippen molar-refractivity contribution in [2.24, 2.45) is 0 Å². The van der Waals surface area contributed by atoms with Gasteiger partial charge in [0.15, 0.2) is 6.10 Å². The predicted octanol–water partition coefficient (Wildman–Crippen LogP) is 2.51. The molecular weight excluding hydrogens is 470 g/mol. The van der Waals surface area contributed by atoms with Gasteiger partial charge in [-0.05, 0) is 50.1 Å². The molecule has 178 valence electrons. The van der Waals surface area contributed by atoms with Gasteiger partial charge >= 0.3 is 5.97 Å². The fourth-order valence-corrected chi connectivity index (χ4v) is 4.21. The highest BCUT2D eigenvalue weighted by Gasteiger charge is 2.25. The summed E-state index contributed by atoms with van der Waals surface area (Å²) in [4.78, 5) is 36.7. The summed E-state index contributed by atoms with van der Waals surface area (Å²) in [6.45, 7) is 4.73. The standard InChI is InChI=1S/C22H26ClN3O6S/c1-13-7-6-8-14(2)20(13)25-19(27)12-24-21(28)15(3)32-22(29)16-9-10-17(23)18(11-16)33(30,31)26(4)5/h6-11,15H,12H2,1-5H3,(H,24,28)(H,25,27). The van der Waals surface area contributed by atoms with Crippen LogP contribution in [0.2, 0.25) is 5.02 Å². The lowest BCUT2D eigenvalue weighted by molar-refractivity contribution is -0.130. The number of halogens is 1. The van der Waals surface area contributed by atoms with E-state index in [1.807, 2.05) is 32.0 Å². The highest BCUT2D eigenvalue weighted by atomic mass is 35.5. The first-order valence-electron chi connectivity index (χ1n) is 9.91. The lowest BCUT2D eigenvalue weighted by Crippen LogP contribution is -2.40. The number of para-hydroxylation sites is 1.